The summed E-state index contributed by atoms with van der Waals surface area (Å²) in [6.07, 6.45) is 0.190. The number of hydrogen-bond acceptors (Lipinski definition) is 4. The van der Waals surface area contributed by atoms with Crippen LogP contribution in [0.25, 0.3) is 0 Å². The molecule has 17 heavy (non-hydrogen) atoms. The van der Waals surface area contributed by atoms with Gasteiger partial charge in [-0.05, 0) is 19.1 Å². The van der Waals surface area contributed by atoms with Crippen molar-refractivity contribution in [2.45, 2.75) is 13.0 Å². The molecule has 1 fully saturated rings. The molecule has 4 heteroatoms. The maximum Gasteiger partial charge on any atom is 0.338 e. The van der Waals surface area contributed by atoms with Crippen LogP contribution >= 0.6 is 0 Å². The third-order valence-electron chi connectivity index (χ3n) is 1.91. The molecule has 4 nitrogen and oxygen atoms in total. The van der Waals surface area contributed by atoms with E-state index in [1.807, 2.05) is 6.07 Å². The number of ether oxygens (including phenoxy) is 2. The van der Waals surface area contributed by atoms with Crippen molar-refractivity contribution in [1.82, 2.24) is 0 Å². The molecule has 1 unspecified atom stereocenters. The minimum absolute atomic E-state index is 0.190. The summed E-state index contributed by atoms with van der Waals surface area (Å²) < 4.78 is 9.54. The van der Waals surface area contributed by atoms with E-state index in [4.69, 9.17) is 9.84 Å². The Morgan fingerprint density at radius 1 is 1.53 bits per heavy atom. The summed E-state index contributed by atoms with van der Waals surface area (Å²) in [6.45, 7) is 6.05. The monoisotopic (exact) mass is 236 g/mol. The fourth-order valence-corrected chi connectivity index (χ4v) is 0.856. The lowest BCUT2D eigenvalue weighted by Gasteiger charge is -2.01. The molecule has 1 aliphatic heterocycles. The number of esters is 1. The standard InChI is InChI=1S/C10H10O2.C3H6O2/c1-8(2)10(11)12-9-6-4-3-5-7-9;4-1-3-2-5-3/h3-7H,1H2,2H3;3-4H,1-2H2. The van der Waals surface area contributed by atoms with Gasteiger partial charge in [0.25, 0.3) is 0 Å². The van der Waals surface area contributed by atoms with Gasteiger partial charge in [-0.25, -0.2) is 4.79 Å². The predicted molar refractivity (Wildman–Crippen MR) is 63.7 cm³/mol. The summed E-state index contributed by atoms with van der Waals surface area (Å²) in [5.41, 5.74) is 0.402. The van der Waals surface area contributed by atoms with E-state index in [2.05, 4.69) is 11.3 Å². The Labute approximate surface area is 100 Å². The first-order valence-corrected chi connectivity index (χ1v) is 5.28. The molecule has 2 rings (SSSR count). The zero-order chi connectivity index (χ0) is 12.7. The first kappa shape index (κ1) is 13.4. The highest BCUT2D eigenvalue weighted by Gasteiger charge is 2.19. The van der Waals surface area contributed by atoms with Gasteiger partial charge < -0.3 is 14.6 Å². The Kier molecular flexibility index (Phi) is 5.39. The van der Waals surface area contributed by atoms with Crippen molar-refractivity contribution in [3.8, 4) is 5.75 Å². The van der Waals surface area contributed by atoms with Gasteiger partial charge in [0.15, 0.2) is 0 Å². The van der Waals surface area contributed by atoms with Gasteiger partial charge in [0.05, 0.1) is 13.2 Å². The molecule has 1 heterocycles. The van der Waals surface area contributed by atoms with Crippen molar-refractivity contribution < 1.29 is 19.4 Å². The summed E-state index contributed by atoms with van der Waals surface area (Å²) >= 11 is 0. The molecule has 1 aliphatic rings. The molecule has 92 valence electrons. The van der Waals surface area contributed by atoms with Gasteiger partial charge in [0, 0.05) is 5.57 Å². The summed E-state index contributed by atoms with van der Waals surface area (Å²) in [7, 11) is 0. The maximum absolute atomic E-state index is 11.0. The smallest absolute Gasteiger partial charge is 0.338 e. The summed E-state index contributed by atoms with van der Waals surface area (Å²) in [6, 6.07) is 8.92. The van der Waals surface area contributed by atoms with E-state index in [9.17, 15) is 4.79 Å². The van der Waals surface area contributed by atoms with Crippen molar-refractivity contribution in [2.75, 3.05) is 13.2 Å². The van der Waals surface area contributed by atoms with Gasteiger partial charge in [-0.1, -0.05) is 24.8 Å². The molecule has 0 aliphatic carbocycles. The fourth-order valence-electron chi connectivity index (χ4n) is 0.856. The maximum atomic E-state index is 11.0. The molecule has 0 radical (unpaired) electrons. The predicted octanol–water partition coefficient (Wildman–Crippen LogP) is 1.55. The molecule has 1 aromatic carbocycles. The highest BCUT2D eigenvalue weighted by molar-refractivity contribution is 5.88. The highest BCUT2D eigenvalue weighted by atomic mass is 16.6. The van der Waals surface area contributed by atoms with Gasteiger partial charge >= 0.3 is 5.97 Å². The van der Waals surface area contributed by atoms with E-state index in [1.165, 1.54) is 0 Å². The number of aliphatic hydroxyl groups excluding tert-OH is 1. The van der Waals surface area contributed by atoms with Crippen molar-refractivity contribution >= 4 is 5.97 Å². The second-order valence-electron chi connectivity index (χ2n) is 3.62. The van der Waals surface area contributed by atoms with Crippen LogP contribution in [-0.2, 0) is 9.53 Å². The van der Waals surface area contributed by atoms with Crippen LogP contribution in [0, 0.1) is 0 Å². The van der Waals surface area contributed by atoms with Crippen molar-refractivity contribution in [3.63, 3.8) is 0 Å². The minimum Gasteiger partial charge on any atom is -0.423 e. The van der Waals surface area contributed by atoms with Crippen molar-refractivity contribution in [1.29, 1.82) is 0 Å². The second-order valence-corrected chi connectivity index (χ2v) is 3.62. The Morgan fingerprint density at radius 3 is 2.47 bits per heavy atom. The normalized spacial score (nSPS) is 16.5. The number of rotatable bonds is 3. The topological polar surface area (TPSA) is 59.1 Å². The largest absolute Gasteiger partial charge is 0.423 e. The van der Waals surface area contributed by atoms with Gasteiger partial charge in [-0.3, -0.25) is 0 Å². The molecule has 1 N–H and O–H groups in total. The molecule has 0 aromatic heterocycles. The van der Waals surface area contributed by atoms with Crippen LogP contribution < -0.4 is 4.74 Å². The third-order valence-corrected chi connectivity index (χ3v) is 1.91. The van der Waals surface area contributed by atoms with Gasteiger partial charge in [0.1, 0.15) is 11.9 Å². The molecule has 1 atom stereocenters. The Bertz CT molecular complexity index is 368. The molecule has 0 bridgehead atoms. The van der Waals surface area contributed by atoms with Crippen LogP contribution in [0.1, 0.15) is 6.92 Å². The van der Waals surface area contributed by atoms with E-state index >= 15 is 0 Å². The number of carbonyl (C=O) groups is 1. The molecular weight excluding hydrogens is 220 g/mol. The molecule has 0 saturated carbocycles. The van der Waals surface area contributed by atoms with E-state index in [-0.39, 0.29) is 18.7 Å². The number of benzene rings is 1. The van der Waals surface area contributed by atoms with Crippen LogP contribution in [0.3, 0.4) is 0 Å². The Balaban J connectivity index is 0.000000239. The van der Waals surface area contributed by atoms with Crippen LogP contribution in [0.5, 0.6) is 5.75 Å². The Morgan fingerprint density at radius 2 is 2.12 bits per heavy atom. The number of carbonyl (C=O) groups excluding carboxylic acids is 1. The lowest BCUT2D eigenvalue weighted by molar-refractivity contribution is -0.130. The van der Waals surface area contributed by atoms with E-state index in [0.717, 1.165) is 6.61 Å². The van der Waals surface area contributed by atoms with E-state index in [1.54, 1.807) is 31.2 Å². The quantitative estimate of drug-likeness (QED) is 0.374. The number of hydrogen-bond donors (Lipinski definition) is 1. The molecule has 0 spiro atoms. The first-order chi connectivity index (χ1) is 8.13. The summed E-state index contributed by atoms with van der Waals surface area (Å²) in [5, 5.41) is 8.08. The van der Waals surface area contributed by atoms with E-state index in [0.29, 0.717) is 11.3 Å². The molecule has 0 amide bonds. The number of aliphatic hydroxyl groups is 1. The molecular formula is C13H16O4. The number of para-hydroxylation sites is 1. The average Bonchev–Trinajstić information content (AvgIpc) is 3.14. The highest BCUT2D eigenvalue weighted by Crippen LogP contribution is 2.09. The van der Waals surface area contributed by atoms with Crippen LogP contribution in [0.4, 0.5) is 0 Å². The zero-order valence-electron chi connectivity index (χ0n) is 9.76. The van der Waals surface area contributed by atoms with Crippen molar-refractivity contribution in [2.24, 2.45) is 0 Å². The second kappa shape index (κ2) is 6.83. The van der Waals surface area contributed by atoms with Gasteiger partial charge in [-0.15, -0.1) is 0 Å². The summed E-state index contributed by atoms with van der Waals surface area (Å²) in [5.74, 6) is 0.159. The lowest BCUT2D eigenvalue weighted by Crippen LogP contribution is -2.07. The first-order valence-electron chi connectivity index (χ1n) is 5.28. The van der Waals surface area contributed by atoms with E-state index < -0.39 is 0 Å². The van der Waals surface area contributed by atoms with Crippen LogP contribution in [-0.4, -0.2) is 30.4 Å². The van der Waals surface area contributed by atoms with Crippen LogP contribution in [0.15, 0.2) is 42.5 Å². The third kappa shape index (κ3) is 5.85. The van der Waals surface area contributed by atoms with Gasteiger partial charge in [-0.2, -0.15) is 0 Å². The average molecular weight is 236 g/mol. The SMILES string of the molecule is C=C(C)C(=O)Oc1ccccc1.OCC1CO1. The fraction of sp³-hybridized carbons (Fsp3) is 0.308. The lowest BCUT2D eigenvalue weighted by atomic mass is 10.3. The molecule has 1 aromatic rings. The summed E-state index contributed by atoms with van der Waals surface area (Å²) in [4.78, 5) is 11.0. The van der Waals surface area contributed by atoms with Crippen molar-refractivity contribution in [3.05, 3.63) is 42.5 Å². The molecule has 1 saturated heterocycles. The Hall–Kier alpha value is -1.65. The number of epoxide rings is 1. The zero-order valence-corrected chi connectivity index (χ0v) is 9.76. The van der Waals surface area contributed by atoms with Gasteiger partial charge in [0.2, 0.25) is 0 Å². The van der Waals surface area contributed by atoms with Crippen LogP contribution in [0.2, 0.25) is 0 Å². The minimum atomic E-state index is -0.388.